The number of phenols is 1. The van der Waals surface area contributed by atoms with Gasteiger partial charge in [-0.2, -0.15) is 0 Å². The number of rotatable bonds is 18. The highest BCUT2D eigenvalue weighted by Gasteiger charge is 2.30. The van der Waals surface area contributed by atoms with E-state index in [1.165, 1.54) is 76.3 Å². The van der Waals surface area contributed by atoms with Crippen LogP contribution in [-0.2, 0) is 15.8 Å². The third-order valence-electron chi connectivity index (χ3n) is 5.61. The first kappa shape index (κ1) is 27.7. The van der Waals surface area contributed by atoms with Crippen LogP contribution in [0.4, 0.5) is 0 Å². The van der Waals surface area contributed by atoms with Crippen molar-refractivity contribution < 1.29 is 24.3 Å². The van der Waals surface area contributed by atoms with Gasteiger partial charge in [0.05, 0.1) is 0 Å². The van der Waals surface area contributed by atoms with E-state index in [1.807, 2.05) is 0 Å². The highest BCUT2D eigenvalue weighted by molar-refractivity contribution is 7.52. The van der Waals surface area contributed by atoms with Gasteiger partial charge in [-0.05, 0) is 24.1 Å². The maximum absolute atomic E-state index is 12.2. The fourth-order valence-corrected chi connectivity index (χ4v) is 4.43. The van der Waals surface area contributed by atoms with Crippen LogP contribution in [0.5, 0.6) is 5.75 Å². The highest BCUT2D eigenvalue weighted by Crippen LogP contribution is 2.41. The van der Waals surface area contributed by atoms with Crippen LogP contribution >= 0.6 is 7.60 Å². The van der Waals surface area contributed by atoms with Crippen LogP contribution in [0.3, 0.4) is 0 Å². The number of amides is 1. The molecule has 4 N–H and O–H groups in total. The van der Waals surface area contributed by atoms with E-state index < -0.39 is 13.4 Å². The average molecular weight is 456 g/mol. The number of hydrogen-bond donors (Lipinski definition) is 4. The molecule has 0 bridgehead atoms. The van der Waals surface area contributed by atoms with Crippen LogP contribution < -0.4 is 5.32 Å². The molecule has 31 heavy (non-hydrogen) atoms. The summed E-state index contributed by atoms with van der Waals surface area (Å²) in [4.78, 5) is 31.3. The fourth-order valence-electron chi connectivity index (χ4n) is 3.67. The Labute approximate surface area is 188 Å². The van der Waals surface area contributed by atoms with Crippen molar-refractivity contribution in [1.29, 1.82) is 0 Å². The zero-order valence-corrected chi connectivity index (χ0v) is 20.0. The summed E-state index contributed by atoms with van der Waals surface area (Å²) in [5.41, 5.74) is 0.646. The van der Waals surface area contributed by atoms with Crippen molar-refractivity contribution in [2.45, 2.75) is 109 Å². The molecule has 0 aliphatic heterocycles. The summed E-state index contributed by atoms with van der Waals surface area (Å²) < 4.78 is 11.8. The summed E-state index contributed by atoms with van der Waals surface area (Å²) in [6, 6.07) is 6.11. The van der Waals surface area contributed by atoms with Gasteiger partial charge in [0.1, 0.15) is 11.5 Å². The van der Waals surface area contributed by atoms with E-state index >= 15 is 0 Å². The van der Waals surface area contributed by atoms with E-state index in [1.54, 1.807) is 12.1 Å². The van der Waals surface area contributed by atoms with Gasteiger partial charge in [0.2, 0.25) is 5.91 Å². The Kier molecular flexibility index (Phi) is 14.5. The van der Waals surface area contributed by atoms with Crippen LogP contribution in [0, 0.1) is 0 Å². The van der Waals surface area contributed by atoms with Gasteiger partial charge < -0.3 is 20.2 Å². The number of hydrogen-bond acceptors (Lipinski definition) is 3. The normalized spacial score (nSPS) is 12.6. The first-order valence-electron chi connectivity index (χ1n) is 12.0. The number of carbonyl (C=O) groups is 1. The lowest BCUT2D eigenvalue weighted by molar-refractivity contribution is -0.121. The quantitative estimate of drug-likeness (QED) is 0.160. The second-order valence-corrected chi connectivity index (χ2v) is 10.3. The molecule has 1 rings (SSSR count). The predicted molar refractivity (Wildman–Crippen MR) is 126 cm³/mol. The van der Waals surface area contributed by atoms with E-state index in [0.717, 1.165) is 19.3 Å². The average Bonchev–Trinajstić information content (AvgIpc) is 2.72. The minimum atomic E-state index is -4.47. The topological polar surface area (TPSA) is 107 Å². The fraction of sp³-hybridized carbons (Fsp3) is 0.708. The number of phenolic OH excluding ortho intramolecular Hbond substituents is 1. The number of unbranched alkanes of at least 4 members (excludes halogenated alkanes) is 12. The van der Waals surface area contributed by atoms with Crippen LogP contribution in [0.1, 0.15) is 102 Å². The van der Waals surface area contributed by atoms with Gasteiger partial charge >= 0.3 is 7.60 Å². The summed E-state index contributed by atoms with van der Waals surface area (Å²) in [7, 11) is -4.47. The van der Waals surface area contributed by atoms with Crippen molar-refractivity contribution in [2.24, 2.45) is 0 Å². The van der Waals surface area contributed by atoms with E-state index in [-0.39, 0.29) is 24.5 Å². The molecule has 1 amide bonds. The van der Waals surface area contributed by atoms with Crippen molar-refractivity contribution in [1.82, 2.24) is 5.32 Å². The number of nitrogens with one attached hydrogen (secondary N) is 1. The van der Waals surface area contributed by atoms with E-state index in [2.05, 4.69) is 12.2 Å². The molecule has 0 heterocycles. The van der Waals surface area contributed by atoms with Gasteiger partial charge in [-0.1, -0.05) is 96.1 Å². The third-order valence-corrected chi connectivity index (χ3v) is 6.73. The summed E-state index contributed by atoms with van der Waals surface area (Å²) in [5.74, 6) is -1.48. The van der Waals surface area contributed by atoms with E-state index in [0.29, 0.717) is 5.56 Å². The summed E-state index contributed by atoms with van der Waals surface area (Å²) in [5, 5.41) is 11.8. The van der Waals surface area contributed by atoms with Crippen LogP contribution in [-0.4, -0.2) is 26.6 Å². The molecular formula is C24H42NO5P. The van der Waals surface area contributed by atoms with Crippen molar-refractivity contribution in [3.05, 3.63) is 29.8 Å². The Balaban J connectivity index is 2.12. The number of aromatic hydroxyl groups is 1. The molecule has 0 spiro atoms. The maximum Gasteiger partial charge on any atom is 0.347 e. The molecule has 6 nitrogen and oxygen atoms in total. The Morgan fingerprint density at radius 1 is 0.839 bits per heavy atom. The van der Waals surface area contributed by atoms with Gasteiger partial charge in [-0.15, -0.1) is 0 Å². The molecular weight excluding hydrogens is 413 g/mol. The van der Waals surface area contributed by atoms with Crippen LogP contribution in [0.25, 0.3) is 0 Å². The Morgan fingerprint density at radius 3 is 1.74 bits per heavy atom. The van der Waals surface area contributed by atoms with E-state index in [9.17, 15) is 24.3 Å². The van der Waals surface area contributed by atoms with Gasteiger partial charge in [0.15, 0.2) is 0 Å². The number of benzene rings is 1. The predicted octanol–water partition coefficient (Wildman–Crippen LogP) is 6.04. The van der Waals surface area contributed by atoms with Gasteiger partial charge in [0, 0.05) is 12.8 Å². The highest BCUT2D eigenvalue weighted by atomic mass is 31.2. The zero-order chi connectivity index (χ0) is 23.0. The van der Waals surface area contributed by atoms with Crippen LogP contribution in [0.2, 0.25) is 0 Å². The molecule has 0 saturated heterocycles. The summed E-state index contributed by atoms with van der Waals surface area (Å²) in [6.45, 7) is 2.24. The van der Waals surface area contributed by atoms with Crippen molar-refractivity contribution in [2.75, 3.05) is 0 Å². The van der Waals surface area contributed by atoms with Gasteiger partial charge in [-0.3, -0.25) is 9.36 Å². The summed E-state index contributed by atoms with van der Waals surface area (Å²) >= 11 is 0. The van der Waals surface area contributed by atoms with Gasteiger partial charge in [0.25, 0.3) is 0 Å². The first-order valence-corrected chi connectivity index (χ1v) is 13.6. The third kappa shape index (κ3) is 14.3. The molecule has 0 unspecified atom stereocenters. The second kappa shape index (κ2) is 16.3. The molecule has 0 radical (unpaired) electrons. The van der Waals surface area contributed by atoms with Crippen molar-refractivity contribution in [3.8, 4) is 5.75 Å². The first-order chi connectivity index (χ1) is 14.8. The molecule has 1 aromatic rings. The monoisotopic (exact) mass is 455 g/mol. The smallest absolute Gasteiger partial charge is 0.347 e. The van der Waals surface area contributed by atoms with Crippen LogP contribution in [0.15, 0.2) is 24.3 Å². The lowest BCUT2D eigenvalue weighted by Crippen LogP contribution is -2.36. The molecule has 0 aliphatic rings. The second-order valence-electron chi connectivity index (χ2n) is 8.54. The maximum atomic E-state index is 12.2. The molecule has 178 valence electrons. The zero-order valence-electron chi connectivity index (χ0n) is 19.1. The lowest BCUT2D eigenvalue weighted by Gasteiger charge is -2.20. The molecule has 0 fully saturated rings. The molecule has 0 aromatic heterocycles. The molecule has 0 saturated carbocycles. The standard InChI is InChI=1S/C24H42NO5P/c1-2-3-4-5-6-7-8-9-10-11-12-13-14-15-23(27)25-24(31(28,29)30)20-21-16-18-22(26)19-17-21/h16-19,24,26H,2-15,20H2,1H3,(H,25,27)(H2,28,29,30)/t24-/m1/s1. The largest absolute Gasteiger partial charge is 0.508 e. The van der Waals surface area contributed by atoms with Gasteiger partial charge in [-0.25, -0.2) is 0 Å². The molecule has 7 heteroatoms. The number of carbonyl (C=O) groups excluding carboxylic acids is 1. The Hall–Kier alpha value is -1.36. The lowest BCUT2D eigenvalue weighted by atomic mass is 10.0. The minimum Gasteiger partial charge on any atom is -0.508 e. The van der Waals surface area contributed by atoms with Crippen molar-refractivity contribution >= 4 is 13.5 Å². The minimum absolute atomic E-state index is 0.0227. The summed E-state index contributed by atoms with van der Waals surface area (Å²) in [6.07, 6.45) is 16.2. The van der Waals surface area contributed by atoms with Crippen molar-refractivity contribution in [3.63, 3.8) is 0 Å². The Bertz CT molecular complexity index is 644. The Morgan fingerprint density at radius 2 is 1.29 bits per heavy atom. The molecule has 1 atom stereocenters. The molecule has 1 aromatic carbocycles. The SMILES string of the molecule is CCCCCCCCCCCCCCCC(=O)N[C@@H](Cc1ccc(O)cc1)P(=O)(O)O. The van der Waals surface area contributed by atoms with E-state index in [4.69, 9.17) is 0 Å². The molecule has 0 aliphatic carbocycles.